The van der Waals surface area contributed by atoms with Crippen molar-refractivity contribution in [2.24, 2.45) is 0 Å². The van der Waals surface area contributed by atoms with Gasteiger partial charge in [0.1, 0.15) is 0 Å². The molecule has 0 N–H and O–H groups in total. The molecule has 0 unspecified atom stereocenters. The first-order valence-electron chi connectivity index (χ1n) is 6.95. The van der Waals surface area contributed by atoms with Gasteiger partial charge in [-0.25, -0.2) is 0 Å². The number of hydrogen-bond acceptors (Lipinski definition) is 2. The molecule has 2 nitrogen and oxygen atoms in total. The number of hydrogen-bond donors (Lipinski definition) is 0. The molecular formula is C18H16O2. The second-order valence-electron chi connectivity index (χ2n) is 5.22. The molecule has 0 saturated carbocycles. The highest BCUT2D eigenvalue weighted by Crippen LogP contribution is 2.23. The van der Waals surface area contributed by atoms with Gasteiger partial charge in [-0.15, -0.1) is 0 Å². The molecule has 2 aromatic rings. The summed E-state index contributed by atoms with van der Waals surface area (Å²) in [7, 11) is 0. The maximum atomic E-state index is 11.4. The van der Waals surface area contributed by atoms with Crippen LogP contribution in [0.4, 0.5) is 0 Å². The normalized spacial score (nSPS) is 13.6. The van der Waals surface area contributed by atoms with E-state index in [1.54, 1.807) is 0 Å². The zero-order valence-corrected chi connectivity index (χ0v) is 11.3. The van der Waals surface area contributed by atoms with Crippen molar-refractivity contribution < 1.29 is 9.59 Å². The number of carbonyl (C=O) groups is 2. The van der Waals surface area contributed by atoms with E-state index in [0.29, 0.717) is 0 Å². The Morgan fingerprint density at radius 1 is 0.600 bits per heavy atom. The largest absolute Gasteiger partial charge is 0.298 e. The summed E-state index contributed by atoms with van der Waals surface area (Å²) in [5.74, 6) is 0. The molecule has 0 aliphatic heterocycles. The first-order chi connectivity index (χ1) is 9.83. The van der Waals surface area contributed by atoms with Crippen LogP contribution in [0.15, 0.2) is 36.4 Å². The van der Waals surface area contributed by atoms with E-state index in [1.165, 1.54) is 0 Å². The predicted octanol–water partition coefficient (Wildman–Crippen LogP) is 3.20. The molecule has 2 aromatic carbocycles. The highest BCUT2D eigenvalue weighted by molar-refractivity contribution is 5.81. The van der Waals surface area contributed by atoms with Crippen LogP contribution in [0.5, 0.6) is 0 Å². The van der Waals surface area contributed by atoms with E-state index < -0.39 is 0 Å². The van der Waals surface area contributed by atoms with Crippen LogP contribution in [-0.2, 0) is 25.7 Å². The zero-order valence-electron chi connectivity index (χ0n) is 11.3. The first kappa shape index (κ1) is 12.8. The SMILES string of the molecule is O=Cc1c2cccc1CCc1cccc(c1C=O)CC2. The molecule has 0 heterocycles. The molecule has 3 rings (SSSR count). The van der Waals surface area contributed by atoms with Crippen LogP contribution in [0.3, 0.4) is 0 Å². The predicted molar refractivity (Wildman–Crippen MR) is 78.5 cm³/mol. The van der Waals surface area contributed by atoms with E-state index in [2.05, 4.69) is 0 Å². The number of rotatable bonds is 2. The van der Waals surface area contributed by atoms with Gasteiger partial charge in [-0.1, -0.05) is 36.4 Å². The molecule has 0 saturated heterocycles. The number of fused-ring (bicyclic) bond motifs is 4. The van der Waals surface area contributed by atoms with Crippen molar-refractivity contribution in [3.63, 3.8) is 0 Å². The van der Waals surface area contributed by atoms with Crippen molar-refractivity contribution in [2.45, 2.75) is 25.7 Å². The Morgan fingerprint density at radius 2 is 0.900 bits per heavy atom. The monoisotopic (exact) mass is 264 g/mol. The van der Waals surface area contributed by atoms with Crippen LogP contribution >= 0.6 is 0 Å². The van der Waals surface area contributed by atoms with Gasteiger partial charge in [0.25, 0.3) is 0 Å². The Morgan fingerprint density at radius 3 is 1.15 bits per heavy atom. The number of aryl methyl sites for hydroxylation is 4. The molecule has 0 radical (unpaired) electrons. The van der Waals surface area contributed by atoms with Gasteiger partial charge in [-0.05, 0) is 47.9 Å². The minimum Gasteiger partial charge on any atom is -0.298 e. The third-order valence-corrected chi connectivity index (χ3v) is 4.14. The molecule has 4 bridgehead atoms. The zero-order chi connectivity index (χ0) is 13.9. The van der Waals surface area contributed by atoms with Crippen molar-refractivity contribution in [3.05, 3.63) is 69.8 Å². The Labute approximate surface area is 118 Å². The average molecular weight is 264 g/mol. The molecule has 1 aliphatic carbocycles. The molecule has 0 fully saturated rings. The van der Waals surface area contributed by atoms with Crippen LogP contribution in [0.25, 0.3) is 0 Å². The van der Waals surface area contributed by atoms with E-state index in [4.69, 9.17) is 0 Å². The van der Waals surface area contributed by atoms with Crippen LogP contribution in [0, 0.1) is 0 Å². The summed E-state index contributed by atoms with van der Waals surface area (Å²) in [5.41, 5.74) is 6.02. The average Bonchev–Trinajstić information content (AvgIpc) is 2.49. The van der Waals surface area contributed by atoms with Gasteiger partial charge in [0.15, 0.2) is 12.6 Å². The fourth-order valence-corrected chi connectivity index (χ4v) is 3.05. The lowest BCUT2D eigenvalue weighted by molar-refractivity contribution is 0.111. The smallest absolute Gasteiger partial charge is 0.150 e. The minimum atomic E-state index is 0.798. The molecule has 100 valence electrons. The van der Waals surface area contributed by atoms with Crippen molar-refractivity contribution in [2.75, 3.05) is 0 Å². The third-order valence-electron chi connectivity index (χ3n) is 4.14. The molecule has 2 heteroatoms. The molecule has 0 aromatic heterocycles. The lowest BCUT2D eigenvalue weighted by Gasteiger charge is -2.16. The van der Waals surface area contributed by atoms with Crippen LogP contribution in [0.2, 0.25) is 0 Å². The summed E-state index contributed by atoms with van der Waals surface area (Å²) in [4.78, 5) is 22.7. The van der Waals surface area contributed by atoms with Gasteiger partial charge in [-0.2, -0.15) is 0 Å². The molecule has 20 heavy (non-hydrogen) atoms. The Bertz CT molecular complexity index is 567. The summed E-state index contributed by atoms with van der Waals surface area (Å²) in [6.45, 7) is 0. The van der Waals surface area contributed by atoms with E-state index >= 15 is 0 Å². The topological polar surface area (TPSA) is 34.1 Å². The van der Waals surface area contributed by atoms with Gasteiger partial charge in [0.05, 0.1) is 0 Å². The molecule has 1 aliphatic rings. The Kier molecular flexibility index (Phi) is 3.46. The Hall–Kier alpha value is -2.22. The summed E-state index contributed by atoms with van der Waals surface area (Å²) < 4.78 is 0. The molecule has 0 spiro atoms. The van der Waals surface area contributed by atoms with Gasteiger partial charge in [0, 0.05) is 11.1 Å². The van der Waals surface area contributed by atoms with E-state index in [0.717, 1.165) is 71.6 Å². The fraction of sp³-hybridized carbons (Fsp3) is 0.222. The molecule has 0 amide bonds. The maximum absolute atomic E-state index is 11.4. The van der Waals surface area contributed by atoms with Gasteiger partial charge >= 0.3 is 0 Å². The maximum Gasteiger partial charge on any atom is 0.150 e. The highest BCUT2D eigenvalue weighted by Gasteiger charge is 2.14. The van der Waals surface area contributed by atoms with E-state index in [-0.39, 0.29) is 0 Å². The van der Waals surface area contributed by atoms with Crippen molar-refractivity contribution in [1.29, 1.82) is 0 Å². The number of benzene rings is 2. The van der Waals surface area contributed by atoms with Crippen LogP contribution in [-0.4, -0.2) is 12.6 Å². The quantitative estimate of drug-likeness (QED) is 0.781. The summed E-state index contributed by atoms with van der Waals surface area (Å²) in [6.07, 6.45) is 5.14. The standard InChI is InChI=1S/C18H16O2/c19-11-17-13-3-1-4-14(17)8-10-16-6-2-5-15(9-7-13)18(16)12-20/h1-6,11-12H,7-10H2. The van der Waals surface area contributed by atoms with Crippen LogP contribution in [0.1, 0.15) is 43.0 Å². The van der Waals surface area contributed by atoms with Crippen molar-refractivity contribution in [1.82, 2.24) is 0 Å². The lowest BCUT2D eigenvalue weighted by Crippen LogP contribution is -2.08. The fourth-order valence-electron chi connectivity index (χ4n) is 3.05. The molecular weight excluding hydrogens is 248 g/mol. The van der Waals surface area contributed by atoms with Crippen LogP contribution < -0.4 is 0 Å². The highest BCUT2D eigenvalue weighted by atomic mass is 16.1. The lowest BCUT2D eigenvalue weighted by atomic mass is 9.88. The summed E-state index contributed by atoms with van der Waals surface area (Å²) in [5, 5.41) is 0. The van der Waals surface area contributed by atoms with Crippen molar-refractivity contribution >= 4 is 12.6 Å². The van der Waals surface area contributed by atoms with Gasteiger partial charge < -0.3 is 0 Å². The first-order valence-corrected chi connectivity index (χ1v) is 6.95. The third kappa shape index (κ3) is 2.18. The van der Waals surface area contributed by atoms with Crippen molar-refractivity contribution in [3.8, 4) is 0 Å². The summed E-state index contributed by atoms with van der Waals surface area (Å²) >= 11 is 0. The van der Waals surface area contributed by atoms with E-state index in [1.807, 2.05) is 36.4 Å². The second-order valence-corrected chi connectivity index (χ2v) is 5.22. The number of carbonyl (C=O) groups excluding carboxylic acids is 2. The minimum absolute atomic E-state index is 0.798. The van der Waals surface area contributed by atoms with Gasteiger partial charge in [0.2, 0.25) is 0 Å². The molecule has 0 atom stereocenters. The number of aldehydes is 2. The second kappa shape index (κ2) is 5.41. The Balaban J connectivity index is 2.11. The summed E-state index contributed by atoms with van der Waals surface area (Å²) in [6, 6.07) is 12.1. The van der Waals surface area contributed by atoms with E-state index in [9.17, 15) is 9.59 Å². The van der Waals surface area contributed by atoms with Gasteiger partial charge in [-0.3, -0.25) is 9.59 Å².